The van der Waals surface area contributed by atoms with Crippen molar-refractivity contribution in [3.05, 3.63) is 23.8 Å². The number of likely N-dealkylation sites (tertiary alicyclic amines) is 1. The van der Waals surface area contributed by atoms with Crippen molar-refractivity contribution in [2.75, 3.05) is 13.1 Å². The summed E-state index contributed by atoms with van der Waals surface area (Å²) in [6, 6.07) is 4.21. The van der Waals surface area contributed by atoms with Crippen molar-refractivity contribution in [1.29, 1.82) is 0 Å². The zero-order valence-electron chi connectivity index (χ0n) is 10.3. The molecule has 2 atom stereocenters. The van der Waals surface area contributed by atoms with Gasteiger partial charge in [-0.05, 0) is 24.5 Å². The summed E-state index contributed by atoms with van der Waals surface area (Å²) in [7, 11) is 0. The standard InChI is InChI=1S/C13H18N2O3/c1-8-5-6-15(7-9(8)14)13(18)12-10(16)3-2-4-11(12)17/h2-4,8-9,16-17H,5-7,14H2,1H3. The van der Waals surface area contributed by atoms with Gasteiger partial charge in [0.05, 0.1) is 0 Å². The highest BCUT2D eigenvalue weighted by atomic mass is 16.3. The summed E-state index contributed by atoms with van der Waals surface area (Å²) in [6.07, 6.45) is 0.835. The molecule has 0 saturated carbocycles. The Morgan fingerprint density at radius 3 is 2.56 bits per heavy atom. The molecular weight excluding hydrogens is 232 g/mol. The largest absolute Gasteiger partial charge is 0.507 e. The monoisotopic (exact) mass is 250 g/mol. The van der Waals surface area contributed by atoms with Crippen molar-refractivity contribution in [3.63, 3.8) is 0 Å². The molecule has 1 aliphatic rings. The highest BCUT2D eigenvalue weighted by molar-refractivity contribution is 5.99. The van der Waals surface area contributed by atoms with Crippen molar-refractivity contribution in [2.45, 2.75) is 19.4 Å². The Bertz CT molecular complexity index is 441. The number of phenols is 2. The maximum Gasteiger partial charge on any atom is 0.261 e. The molecule has 4 N–H and O–H groups in total. The van der Waals surface area contributed by atoms with Gasteiger partial charge in [-0.15, -0.1) is 0 Å². The number of phenolic OH excluding ortho intramolecular Hbond substituents is 2. The molecule has 1 amide bonds. The molecule has 1 aromatic carbocycles. The van der Waals surface area contributed by atoms with Gasteiger partial charge in [0, 0.05) is 19.1 Å². The maximum absolute atomic E-state index is 12.2. The number of aromatic hydroxyl groups is 2. The lowest BCUT2D eigenvalue weighted by Gasteiger charge is -2.35. The lowest BCUT2D eigenvalue weighted by atomic mass is 9.94. The Labute approximate surface area is 106 Å². The number of rotatable bonds is 1. The normalized spacial score (nSPS) is 24.0. The van der Waals surface area contributed by atoms with Crippen LogP contribution in [0.15, 0.2) is 18.2 Å². The summed E-state index contributed by atoms with van der Waals surface area (Å²) in [5.41, 5.74) is 5.90. The smallest absolute Gasteiger partial charge is 0.261 e. The van der Waals surface area contributed by atoms with Gasteiger partial charge < -0.3 is 20.8 Å². The van der Waals surface area contributed by atoms with Crippen molar-refractivity contribution >= 4 is 5.91 Å². The SMILES string of the molecule is CC1CCN(C(=O)c2c(O)cccc2O)CC1N. The molecule has 1 saturated heterocycles. The van der Waals surface area contributed by atoms with Gasteiger partial charge in [-0.2, -0.15) is 0 Å². The number of carbonyl (C=O) groups excluding carboxylic acids is 1. The fraction of sp³-hybridized carbons (Fsp3) is 0.462. The number of piperidine rings is 1. The van der Waals surface area contributed by atoms with Gasteiger partial charge in [0.1, 0.15) is 17.1 Å². The molecule has 2 rings (SSSR count). The average Bonchev–Trinajstić information content (AvgIpc) is 2.32. The first-order chi connectivity index (χ1) is 8.50. The molecule has 0 radical (unpaired) electrons. The molecule has 0 aromatic heterocycles. The molecule has 0 aliphatic carbocycles. The predicted octanol–water partition coefficient (Wildman–Crippen LogP) is 0.907. The Kier molecular flexibility index (Phi) is 3.43. The molecule has 0 bridgehead atoms. The van der Waals surface area contributed by atoms with E-state index in [1.807, 2.05) is 0 Å². The van der Waals surface area contributed by atoms with E-state index in [0.717, 1.165) is 6.42 Å². The lowest BCUT2D eigenvalue weighted by molar-refractivity contribution is 0.0666. The second-order valence-corrected chi connectivity index (χ2v) is 4.85. The van der Waals surface area contributed by atoms with Crippen LogP contribution in [-0.2, 0) is 0 Å². The molecule has 0 spiro atoms. The third kappa shape index (κ3) is 2.26. The molecule has 2 unspecified atom stereocenters. The quantitative estimate of drug-likeness (QED) is 0.691. The second kappa shape index (κ2) is 4.86. The minimum Gasteiger partial charge on any atom is -0.507 e. The lowest BCUT2D eigenvalue weighted by Crippen LogP contribution is -2.49. The van der Waals surface area contributed by atoms with E-state index >= 15 is 0 Å². The van der Waals surface area contributed by atoms with E-state index in [0.29, 0.717) is 19.0 Å². The van der Waals surface area contributed by atoms with Crippen LogP contribution in [0.5, 0.6) is 11.5 Å². The molecule has 1 heterocycles. The first kappa shape index (κ1) is 12.7. The highest BCUT2D eigenvalue weighted by Crippen LogP contribution is 2.29. The Hall–Kier alpha value is -1.75. The van der Waals surface area contributed by atoms with Crippen molar-refractivity contribution in [3.8, 4) is 11.5 Å². The van der Waals surface area contributed by atoms with Gasteiger partial charge >= 0.3 is 0 Å². The number of benzene rings is 1. The van der Waals surface area contributed by atoms with Gasteiger partial charge in [-0.1, -0.05) is 13.0 Å². The number of nitrogens with zero attached hydrogens (tertiary/aromatic N) is 1. The molecular formula is C13H18N2O3. The van der Waals surface area contributed by atoms with Crippen LogP contribution in [0.25, 0.3) is 0 Å². The van der Waals surface area contributed by atoms with Crippen LogP contribution < -0.4 is 5.73 Å². The summed E-state index contributed by atoms with van der Waals surface area (Å²) in [6.45, 7) is 3.11. The second-order valence-electron chi connectivity index (χ2n) is 4.85. The average molecular weight is 250 g/mol. The zero-order valence-corrected chi connectivity index (χ0v) is 10.3. The summed E-state index contributed by atoms with van der Waals surface area (Å²) >= 11 is 0. The third-order valence-corrected chi connectivity index (χ3v) is 3.54. The van der Waals surface area contributed by atoms with Crippen LogP contribution in [0, 0.1) is 5.92 Å². The van der Waals surface area contributed by atoms with Gasteiger partial charge in [0.25, 0.3) is 5.91 Å². The molecule has 1 aliphatic heterocycles. The maximum atomic E-state index is 12.2. The van der Waals surface area contributed by atoms with Crippen LogP contribution in [0.4, 0.5) is 0 Å². The van der Waals surface area contributed by atoms with E-state index in [9.17, 15) is 15.0 Å². The van der Waals surface area contributed by atoms with E-state index in [-0.39, 0.29) is 29.0 Å². The molecule has 98 valence electrons. The number of amides is 1. The van der Waals surface area contributed by atoms with Gasteiger partial charge in [0.2, 0.25) is 0 Å². The molecule has 1 fully saturated rings. The van der Waals surface area contributed by atoms with Crippen molar-refractivity contribution < 1.29 is 15.0 Å². The number of carbonyl (C=O) groups is 1. The van der Waals surface area contributed by atoms with Crippen LogP contribution in [-0.4, -0.2) is 40.2 Å². The Morgan fingerprint density at radius 2 is 2.00 bits per heavy atom. The van der Waals surface area contributed by atoms with Crippen molar-refractivity contribution in [1.82, 2.24) is 4.90 Å². The summed E-state index contributed by atoms with van der Waals surface area (Å²) in [4.78, 5) is 13.8. The summed E-state index contributed by atoms with van der Waals surface area (Å²) in [5.74, 6) is -0.389. The first-order valence-electron chi connectivity index (χ1n) is 6.06. The highest BCUT2D eigenvalue weighted by Gasteiger charge is 2.29. The molecule has 18 heavy (non-hydrogen) atoms. The van der Waals surface area contributed by atoms with E-state index in [1.54, 1.807) is 4.90 Å². The van der Waals surface area contributed by atoms with Crippen LogP contribution in [0.1, 0.15) is 23.7 Å². The first-order valence-corrected chi connectivity index (χ1v) is 6.06. The van der Waals surface area contributed by atoms with E-state index in [1.165, 1.54) is 18.2 Å². The summed E-state index contributed by atoms with van der Waals surface area (Å²) < 4.78 is 0. The predicted molar refractivity (Wildman–Crippen MR) is 67.4 cm³/mol. The fourth-order valence-electron chi connectivity index (χ4n) is 2.19. The topological polar surface area (TPSA) is 86.8 Å². The van der Waals surface area contributed by atoms with Gasteiger partial charge in [-0.3, -0.25) is 4.79 Å². The molecule has 5 nitrogen and oxygen atoms in total. The van der Waals surface area contributed by atoms with Crippen LogP contribution >= 0.6 is 0 Å². The zero-order chi connectivity index (χ0) is 13.3. The van der Waals surface area contributed by atoms with E-state index < -0.39 is 0 Å². The fourth-order valence-corrected chi connectivity index (χ4v) is 2.19. The number of nitrogens with two attached hydrogens (primary N) is 1. The Balaban J connectivity index is 2.22. The van der Waals surface area contributed by atoms with Gasteiger partial charge in [-0.25, -0.2) is 0 Å². The van der Waals surface area contributed by atoms with Crippen molar-refractivity contribution in [2.24, 2.45) is 11.7 Å². The number of hydrogen-bond acceptors (Lipinski definition) is 4. The van der Waals surface area contributed by atoms with E-state index in [4.69, 9.17) is 5.73 Å². The third-order valence-electron chi connectivity index (χ3n) is 3.54. The van der Waals surface area contributed by atoms with Crippen LogP contribution in [0.2, 0.25) is 0 Å². The number of hydrogen-bond donors (Lipinski definition) is 3. The van der Waals surface area contributed by atoms with Gasteiger partial charge in [0.15, 0.2) is 0 Å². The molecule has 1 aromatic rings. The minimum absolute atomic E-state index is 0.0424. The Morgan fingerprint density at radius 1 is 1.39 bits per heavy atom. The minimum atomic E-state index is -0.368. The van der Waals surface area contributed by atoms with Crippen LogP contribution in [0.3, 0.4) is 0 Å². The van der Waals surface area contributed by atoms with E-state index in [2.05, 4.69) is 6.92 Å². The summed E-state index contributed by atoms with van der Waals surface area (Å²) in [5, 5.41) is 19.3. The molecule has 5 heteroatoms.